The first kappa shape index (κ1) is 61.4. The molecule has 0 bridgehead atoms. The molecule has 0 saturated carbocycles. The fourth-order valence-electron chi connectivity index (χ4n) is 7.92. The summed E-state index contributed by atoms with van der Waals surface area (Å²) in [5.41, 5.74) is 0. The Morgan fingerprint density at radius 3 is 0.984 bits per heavy atom. The smallest absolute Gasteiger partial charge is 0.306 e. The third kappa shape index (κ3) is 50.4. The lowest BCUT2D eigenvalue weighted by Crippen LogP contribution is -2.30. The normalized spacial score (nSPS) is 12.4. The lowest BCUT2D eigenvalue weighted by Gasteiger charge is -2.18. The summed E-state index contributed by atoms with van der Waals surface area (Å²) in [6, 6.07) is 0. The number of rotatable bonds is 50. The van der Waals surface area contributed by atoms with E-state index in [0.717, 1.165) is 83.5 Å². The van der Waals surface area contributed by atoms with Crippen LogP contribution < -0.4 is 0 Å². The van der Waals surface area contributed by atoms with Crippen molar-refractivity contribution < 1.29 is 28.6 Å². The molecule has 0 saturated heterocycles. The zero-order chi connectivity index (χ0) is 46.5. The predicted octanol–water partition coefficient (Wildman–Crippen LogP) is 18.3. The van der Waals surface area contributed by atoms with Crippen LogP contribution in [0.25, 0.3) is 0 Å². The highest BCUT2D eigenvalue weighted by Crippen LogP contribution is 2.16. The molecule has 0 aliphatic heterocycles. The van der Waals surface area contributed by atoms with Crippen molar-refractivity contribution >= 4 is 17.9 Å². The Morgan fingerprint density at radius 2 is 0.609 bits per heavy atom. The topological polar surface area (TPSA) is 78.9 Å². The highest BCUT2D eigenvalue weighted by molar-refractivity contribution is 5.71. The van der Waals surface area contributed by atoms with E-state index in [1.165, 1.54) is 161 Å². The van der Waals surface area contributed by atoms with E-state index in [4.69, 9.17) is 14.2 Å². The number of unbranched alkanes of at least 4 members (excludes halogenated alkanes) is 31. The Hall–Kier alpha value is -2.63. The van der Waals surface area contributed by atoms with Gasteiger partial charge in [0.25, 0.3) is 0 Å². The fourth-order valence-corrected chi connectivity index (χ4v) is 7.92. The minimum atomic E-state index is -0.782. The number of carbonyl (C=O) groups excluding carboxylic acids is 3. The minimum absolute atomic E-state index is 0.0830. The molecule has 0 aromatic carbocycles. The number of esters is 3. The summed E-state index contributed by atoms with van der Waals surface area (Å²) in [5, 5.41) is 0. The molecule has 1 atom stereocenters. The lowest BCUT2D eigenvalue weighted by atomic mass is 10.0. The molecule has 0 spiro atoms. The molecular weight excluding hydrogens is 793 g/mol. The summed E-state index contributed by atoms with van der Waals surface area (Å²) in [7, 11) is 0. The van der Waals surface area contributed by atoms with Crippen LogP contribution in [0, 0.1) is 0 Å². The van der Waals surface area contributed by atoms with E-state index in [9.17, 15) is 14.4 Å². The van der Waals surface area contributed by atoms with Crippen molar-refractivity contribution in [2.75, 3.05) is 13.2 Å². The van der Waals surface area contributed by atoms with E-state index in [2.05, 4.69) is 69.4 Å². The summed E-state index contributed by atoms with van der Waals surface area (Å²) in [6.07, 6.45) is 64.4. The van der Waals surface area contributed by atoms with Crippen molar-refractivity contribution in [1.82, 2.24) is 0 Å². The van der Waals surface area contributed by atoms with Crippen LogP contribution in [0.2, 0.25) is 0 Å². The second-order valence-corrected chi connectivity index (χ2v) is 18.5. The third-order valence-corrected chi connectivity index (χ3v) is 12.1. The fraction of sp³-hybridized carbons (Fsp3) is 0.810. The zero-order valence-electron chi connectivity index (χ0n) is 42.6. The summed E-state index contributed by atoms with van der Waals surface area (Å²) >= 11 is 0. The van der Waals surface area contributed by atoms with Crippen molar-refractivity contribution in [3.05, 3.63) is 48.6 Å². The van der Waals surface area contributed by atoms with Gasteiger partial charge >= 0.3 is 17.9 Å². The molecule has 6 heteroatoms. The number of carbonyl (C=O) groups is 3. The molecule has 1 unspecified atom stereocenters. The number of allylic oxidation sites excluding steroid dienone is 8. The molecule has 0 aromatic heterocycles. The molecule has 0 aromatic rings. The van der Waals surface area contributed by atoms with Crippen molar-refractivity contribution in [1.29, 1.82) is 0 Å². The van der Waals surface area contributed by atoms with Crippen molar-refractivity contribution in [3.8, 4) is 0 Å². The average molecular weight is 897 g/mol. The van der Waals surface area contributed by atoms with Gasteiger partial charge in [0, 0.05) is 19.3 Å². The molecule has 0 heterocycles. The summed E-state index contributed by atoms with van der Waals surface area (Å²) in [5.74, 6) is -0.915. The Labute approximate surface area is 397 Å². The van der Waals surface area contributed by atoms with Crippen LogP contribution in [-0.2, 0) is 28.6 Å². The molecule has 0 amide bonds. The van der Waals surface area contributed by atoms with E-state index in [1.54, 1.807) is 0 Å². The SMILES string of the molecule is CC/C=C\C/C=C\C/C=C\CCCCCC(=O)OC(COC(=O)CCCCCCCC)COC(=O)CCCCCCCCCCCCCCCCC/C=C\CCCCCCCCCC. The molecular formula is C58H104O6. The van der Waals surface area contributed by atoms with Gasteiger partial charge in [-0.2, -0.15) is 0 Å². The molecule has 0 radical (unpaired) electrons. The second-order valence-electron chi connectivity index (χ2n) is 18.5. The van der Waals surface area contributed by atoms with Gasteiger partial charge in [-0.05, 0) is 77.0 Å². The molecule has 0 N–H and O–H groups in total. The molecule has 0 aliphatic carbocycles. The third-order valence-electron chi connectivity index (χ3n) is 12.1. The first-order valence-electron chi connectivity index (χ1n) is 27.6. The van der Waals surface area contributed by atoms with E-state index in [-0.39, 0.29) is 31.1 Å². The highest BCUT2D eigenvalue weighted by atomic mass is 16.6. The van der Waals surface area contributed by atoms with Gasteiger partial charge in [0.1, 0.15) is 13.2 Å². The highest BCUT2D eigenvalue weighted by Gasteiger charge is 2.19. The van der Waals surface area contributed by atoms with Crippen LogP contribution in [0.3, 0.4) is 0 Å². The summed E-state index contributed by atoms with van der Waals surface area (Å²) < 4.78 is 16.7. The van der Waals surface area contributed by atoms with Gasteiger partial charge in [-0.3, -0.25) is 14.4 Å². The molecule has 0 fully saturated rings. The standard InChI is InChI=1S/C58H104O6/c1-4-7-10-13-16-18-20-22-23-24-25-26-27-28-29-30-31-32-33-34-35-37-38-40-42-45-48-51-57(60)63-54-55(53-62-56(59)50-47-44-15-12-9-6-3)64-58(61)52-49-46-43-41-39-36-21-19-17-14-11-8-5-2/h8,11,17,19,24-25,36,39,55H,4-7,9-10,12-16,18,20-23,26-35,37-38,40-54H2,1-3H3/b11-8-,19-17-,25-24-,39-36-. The Balaban J connectivity index is 4.04. The maximum Gasteiger partial charge on any atom is 0.306 e. The average Bonchev–Trinajstić information content (AvgIpc) is 3.29. The van der Waals surface area contributed by atoms with Crippen LogP contribution >= 0.6 is 0 Å². The van der Waals surface area contributed by atoms with Crippen LogP contribution in [0.1, 0.15) is 284 Å². The van der Waals surface area contributed by atoms with Gasteiger partial charge in [-0.1, -0.05) is 236 Å². The first-order valence-corrected chi connectivity index (χ1v) is 27.6. The van der Waals surface area contributed by atoms with Gasteiger partial charge in [0.15, 0.2) is 6.10 Å². The molecule has 64 heavy (non-hydrogen) atoms. The van der Waals surface area contributed by atoms with E-state index in [0.29, 0.717) is 19.3 Å². The van der Waals surface area contributed by atoms with Crippen molar-refractivity contribution in [2.24, 2.45) is 0 Å². The van der Waals surface area contributed by atoms with Crippen LogP contribution in [0.5, 0.6) is 0 Å². The van der Waals surface area contributed by atoms with Gasteiger partial charge in [-0.25, -0.2) is 0 Å². The van der Waals surface area contributed by atoms with Crippen molar-refractivity contribution in [3.63, 3.8) is 0 Å². The lowest BCUT2D eigenvalue weighted by molar-refractivity contribution is -0.167. The minimum Gasteiger partial charge on any atom is -0.462 e. The summed E-state index contributed by atoms with van der Waals surface area (Å²) in [6.45, 7) is 6.46. The van der Waals surface area contributed by atoms with Crippen molar-refractivity contribution in [2.45, 2.75) is 290 Å². The van der Waals surface area contributed by atoms with Gasteiger partial charge in [0.05, 0.1) is 0 Å². The van der Waals surface area contributed by atoms with Crippen LogP contribution in [0.4, 0.5) is 0 Å². The zero-order valence-corrected chi connectivity index (χ0v) is 42.6. The van der Waals surface area contributed by atoms with E-state index < -0.39 is 6.10 Å². The molecule has 6 nitrogen and oxygen atoms in total. The summed E-state index contributed by atoms with van der Waals surface area (Å²) in [4.78, 5) is 37.7. The Kier molecular flexibility index (Phi) is 50.8. The number of hydrogen-bond acceptors (Lipinski definition) is 6. The van der Waals surface area contributed by atoms with Crippen LogP contribution in [-0.4, -0.2) is 37.2 Å². The predicted molar refractivity (Wildman–Crippen MR) is 275 cm³/mol. The van der Waals surface area contributed by atoms with Gasteiger partial charge in [-0.15, -0.1) is 0 Å². The molecule has 0 rings (SSSR count). The molecule has 0 aliphatic rings. The van der Waals surface area contributed by atoms with E-state index >= 15 is 0 Å². The maximum atomic E-state index is 12.7. The Bertz CT molecular complexity index is 1120. The van der Waals surface area contributed by atoms with Gasteiger partial charge < -0.3 is 14.2 Å². The maximum absolute atomic E-state index is 12.7. The Morgan fingerprint density at radius 1 is 0.328 bits per heavy atom. The molecule has 372 valence electrons. The number of hydrogen-bond donors (Lipinski definition) is 0. The van der Waals surface area contributed by atoms with Crippen LogP contribution in [0.15, 0.2) is 48.6 Å². The monoisotopic (exact) mass is 897 g/mol. The number of ether oxygens (including phenoxy) is 3. The first-order chi connectivity index (χ1) is 31.5. The van der Waals surface area contributed by atoms with Gasteiger partial charge in [0.2, 0.25) is 0 Å². The van der Waals surface area contributed by atoms with E-state index in [1.807, 2.05) is 0 Å². The largest absolute Gasteiger partial charge is 0.462 e. The second kappa shape index (κ2) is 53.0. The quantitative estimate of drug-likeness (QED) is 0.0262.